The standard InChI is InChI=1S/C17H24O4/c1-2-3-4-5-6-7-10-20-14-9-8-13-11-16(17(18)19)21-15(13)12-14/h8-9,12,16H,2-7,10-11H2,1H3,(H,18,19). The summed E-state index contributed by atoms with van der Waals surface area (Å²) in [6, 6.07) is 5.59. The van der Waals surface area contributed by atoms with Crippen LogP contribution in [-0.2, 0) is 11.2 Å². The van der Waals surface area contributed by atoms with E-state index in [9.17, 15) is 4.79 Å². The first-order valence-corrected chi connectivity index (χ1v) is 7.86. The summed E-state index contributed by atoms with van der Waals surface area (Å²) in [6.07, 6.45) is 7.08. The molecule has 21 heavy (non-hydrogen) atoms. The minimum Gasteiger partial charge on any atom is -0.493 e. The van der Waals surface area contributed by atoms with E-state index in [1.807, 2.05) is 12.1 Å². The van der Waals surface area contributed by atoms with E-state index >= 15 is 0 Å². The molecule has 0 spiro atoms. The molecule has 1 heterocycles. The molecule has 116 valence electrons. The molecule has 2 rings (SSSR count). The molecule has 0 amide bonds. The van der Waals surface area contributed by atoms with Gasteiger partial charge in [0.1, 0.15) is 11.5 Å². The minimum atomic E-state index is -0.916. The molecule has 0 fully saturated rings. The Bertz CT molecular complexity index is 470. The van der Waals surface area contributed by atoms with Gasteiger partial charge in [-0.1, -0.05) is 45.1 Å². The third-order valence-corrected chi connectivity index (χ3v) is 3.76. The number of fused-ring (bicyclic) bond motifs is 1. The van der Waals surface area contributed by atoms with Gasteiger partial charge in [0.2, 0.25) is 0 Å². The van der Waals surface area contributed by atoms with Crippen LogP contribution in [0.4, 0.5) is 0 Å². The van der Waals surface area contributed by atoms with Crippen molar-refractivity contribution >= 4 is 5.97 Å². The first-order chi connectivity index (χ1) is 10.2. The van der Waals surface area contributed by atoms with Crippen LogP contribution in [0.25, 0.3) is 0 Å². The molecule has 4 nitrogen and oxygen atoms in total. The second-order valence-corrected chi connectivity index (χ2v) is 5.53. The molecule has 1 N–H and O–H groups in total. The molecule has 0 saturated heterocycles. The van der Waals surface area contributed by atoms with Crippen LogP contribution in [0, 0.1) is 0 Å². The Kier molecular flexibility index (Phi) is 5.90. The fourth-order valence-electron chi connectivity index (χ4n) is 2.51. The zero-order valence-electron chi connectivity index (χ0n) is 12.6. The molecule has 1 aromatic carbocycles. The molecule has 0 aromatic heterocycles. The lowest BCUT2D eigenvalue weighted by Gasteiger charge is -2.08. The van der Waals surface area contributed by atoms with Gasteiger partial charge in [0.25, 0.3) is 0 Å². The summed E-state index contributed by atoms with van der Waals surface area (Å²) in [6.45, 7) is 2.92. The second-order valence-electron chi connectivity index (χ2n) is 5.53. The third-order valence-electron chi connectivity index (χ3n) is 3.76. The maximum atomic E-state index is 10.9. The Morgan fingerprint density at radius 2 is 2.05 bits per heavy atom. The molecule has 0 radical (unpaired) electrons. The number of aliphatic carboxylic acids is 1. The molecular formula is C17H24O4. The van der Waals surface area contributed by atoms with Gasteiger partial charge in [-0.05, 0) is 18.1 Å². The zero-order chi connectivity index (χ0) is 15.1. The highest BCUT2D eigenvalue weighted by molar-refractivity contribution is 5.74. The maximum absolute atomic E-state index is 10.9. The van der Waals surface area contributed by atoms with E-state index in [4.69, 9.17) is 14.6 Å². The normalized spacial score (nSPS) is 16.3. The van der Waals surface area contributed by atoms with Crippen molar-refractivity contribution in [2.24, 2.45) is 0 Å². The quantitative estimate of drug-likeness (QED) is 0.703. The number of benzene rings is 1. The van der Waals surface area contributed by atoms with Crippen LogP contribution >= 0.6 is 0 Å². The van der Waals surface area contributed by atoms with Gasteiger partial charge >= 0.3 is 5.97 Å². The number of ether oxygens (including phenoxy) is 2. The Hall–Kier alpha value is -1.71. The number of hydrogen-bond acceptors (Lipinski definition) is 3. The predicted molar refractivity (Wildman–Crippen MR) is 81.1 cm³/mol. The largest absolute Gasteiger partial charge is 0.493 e. The number of carboxylic acid groups (broad SMARTS) is 1. The third kappa shape index (κ3) is 4.66. The summed E-state index contributed by atoms with van der Waals surface area (Å²) >= 11 is 0. The molecule has 1 aliphatic rings. The second kappa shape index (κ2) is 7.91. The monoisotopic (exact) mass is 292 g/mol. The summed E-state index contributed by atoms with van der Waals surface area (Å²) < 4.78 is 11.1. The summed E-state index contributed by atoms with van der Waals surface area (Å²) in [5.74, 6) is 0.483. The molecule has 0 aliphatic carbocycles. The highest BCUT2D eigenvalue weighted by Gasteiger charge is 2.28. The van der Waals surface area contributed by atoms with Gasteiger partial charge in [-0.15, -0.1) is 0 Å². The van der Waals surface area contributed by atoms with Gasteiger partial charge in [-0.3, -0.25) is 0 Å². The van der Waals surface area contributed by atoms with Gasteiger partial charge in [0.15, 0.2) is 6.10 Å². The van der Waals surface area contributed by atoms with E-state index in [-0.39, 0.29) is 0 Å². The Morgan fingerprint density at radius 3 is 2.81 bits per heavy atom. The summed E-state index contributed by atoms with van der Waals surface area (Å²) in [4.78, 5) is 10.9. The van der Waals surface area contributed by atoms with Gasteiger partial charge in [-0.25, -0.2) is 4.79 Å². The van der Waals surface area contributed by atoms with Crippen molar-refractivity contribution in [2.45, 2.75) is 58.0 Å². The Morgan fingerprint density at radius 1 is 1.29 bits per heavy atom. The van der Waals surface area contributed by atoms with Crippen molar-refractivity contribution in [2.75, 3.05) is 6.61 Å². The maximum Gasteiger partial charge on any atom is 0.345 e. The lowest BCUT2D eigenvalue weighted by molar-refractivity contribution is -0.144. The van der Waals surface area contributed by atoms with Crippen LogP contribution in [0.2, 0.25) is 0 Å². The molecule has 0 saturated carbocycles. The van der Waals surface area contributed by atoms with E-state index in [0.29, 0.717) is 18.8 Å². The molecule has 1 aliphatic heterocycles. The topological polar surface area (TPSA) is 55.8 Å². The van der Waals surface area contributed by atoms with Crippen molar-refractivity contribution in [1.82, 2.24) is 0 Å². The minimum absolute atomic E-state index is 0.433. The van der Waals surface area contributed by atoms with Crippen molar-refractivity contribution in [3.8, 4) is 11.5 Å². The van der Waals surface area contributed by atoms with E-state index in [1.54, 1.807) is 6.07 Å². The lowest BCUT2D eigenvalue weighted by atomic mass is 10.1. The lowest BCUT2D eigenvalue weighted by Crippen LogP contribution is -2.24. The van der Waals surface area contributed by atoms with Crippen LogP contribution < -0.4 is 9.47 Å². The van der Waals surface area contributed by atoms with E-state index in [2.05, 4.69) is 6.92 Å². The molecular weight excluding hydrogens is 268 g/mol. The van der Waals surface area contributed by atoms with Gasteiger partial charge in [-0.2, -0.15) is 0 Å². The first-order valence-electron chi connectivity index (χ1n) is 7.86. The van der Waals surface area contributed by atoms with Crippen LogP contribution in [-0.4, -0.2) is 23.8 Å². The van der Waals surface area contributed by atoms with E-state index < -0.39 is 12.1 Å². The Labute approximate surface area is 126 Å². The molecule has 4 heteroatoms. The van der Waals surface area contributed by atoms with Crippen LogP contribution in [0.3, 0.4) is 0 Å². The zero-order valence-corrected chi connectivity index (χ0v) is 12.6. The number of unbranched alkanes of at least 4 members (excludes halogenated alkanes) is 5. The van der Waals surface area contributed by atoms with Crippen LogP contribution in [0.1, 0.15) is 51.0 Å². The van der Waals surface area contributed by atoms with E-state index in [1.165, 1.54) is 32.1 Å². The number of carboxylic acids is 1. The fraction of sp³-hybridized carbons (Fsp3) is 0.588. The Balaban J connectivity index is 1.71. The smallest absolute Gasteiger partial charge is 0.345 e. The van der Waals surface area contributed by atoms with Crippen LogP contribution in [0.5, 0.6) is 11.5 Å². The van der Waals surface area contributed by atoms with Crippen molar-refractivity contribution in [3.63, 3.8) is 0 Å². The highest BCUT2D eigenvalue weighted by atomic mass is 16.5. The van der Waals surface area contributed by atoms with Crippen LogP contribution in [0.15, 0.2) is 18.2 Å². The van der Waals surface area contributed by atoms with Crippen molar-refractivity contribution in [3.05, 3.63) is 23.8 Å². The van der Waals surface area contributed by atoms with Gasteiger partial charge < -0.3 is 14.6 Å². The number of hydrogen-bond donors (Lipinski definition) is 1. The number of carbonyl (C=O) groups is 1. The van der Waals surface area contributed by atoms with Crippen molar-refractivity contribution in [1.29, 1.82) is 0 Å². The van der Waals surface area contributed by atoms with E-state index in [0.717, 1.165) is 17.7 Å². The molecule has 0 bridgehead atoms. The van der Waals surface area contributed by atoms with Gasteiger partial charge in [0, 0.05) is 12.5 Å². The van der Waals surface area contributed by atoms with Gasteiger partial charge in [0.05, 0.1) is 6.61 Å². The molecule has 1 aromatic rings. The number of rotatable bonds is 9. The highest BCUT2D eigenvalue weighted by Crippen LogP contribution is 2.32. The van der Waals surface area contributed by atoms with Crippen molar-refractivity contribution < 1.29 is 19.4 Å². The average Bonchev–Trinajstić information content (AvgIpc) is 2.90. The summed E-state index contributed by atoms with van der Waals surface area (Å²) in [5, 5.41) is 8.96. The molecule has 1 atom stereocenters. The first kappa shape index (κ1) is 15.7. The SMILES string of the molecule is CCCCCCCCOc1ccc2c(c1)OC(C(=O)O)C2. The fourth-order valence-corrected chi connectivity index (χ4v) is 2.51. The summed E-state index contributed by atoms with van der Waals surface area (Å²) in [5.41, 5.74) is 0.939. The molecule has 1 unspecified atom stereocenters. The average molecular weight is 292 g/mol. The predicted octanol–water partition coefficient (Wildman–Crippen LogP) is 3.81. The summed E-state index contributed by atoms with van der Waals surface area (Å²) in [7, 11) is 0.